The highest BCUT2D eigenvalue weighted by atomic mass is 16.3. The lowest BCUT2D eigenvalue weighted by Gasteiger charge is -1.96. The SMILES string of the molecule is CCCC/C=C\CC[C@@H]1C[C@@H]1C/C=C/[C@H](C)O. The molecule has 1 heteroatoms. The van der Waals surface area contributed by atoms with E-state index in [9.17, 15) is 0 Å². The van der Waals surface area contributed by atoms with Crippen molar-refractivity contribution in [3.05, 3.63) is 24.3 Å². The molecule has 1 rings (SSSR count). The molecule has 1 fully saturated rings. The second-order valence-electron chi connectivity index (χ2n) is 5.35. The predicted octanol–water partition coefficient (Wildman–Crippen LogP) is 4.48. The summed E-state index contributed by atoms with van der Waals surface area (Å²) in [4.78, 5) is 0. The molecule has 1 aliphatic rings. The summed E-state index contributed by atoms with van der Waals surface area (Å²) >= 11 is 0. The molecule has 0 aromatic carbocycles. The quantitative estimate of drug-likeness (QED) is 0.462. The van der Waals surface area contributed by atoms with Gasteiger partial charge in [-0.1, -0.05) is 44.1 Å². The van der Waals surface area contributed by atoms with Gasteiger partial charge >= 0.3 is 0 Å². The number of aliphatic hydroxyl groups is 1. The fourth-order valence-corrected chi connectivity index (χ4v) is 2.27. The van der Waals surface area contributed by atoms with E-state index < -0.39 is 0 Å². The van der Waals surface area contributed by atoms with E-state index in [0.29, 0.717) is 0 Å². The normalized spacial score (nSPS) is 25.8. The van der Waals surface area contributed by atoms with Crippen LogP contribution >= 0.6 is 0 Å². The van der Waals surface area contributed by atoms with Crippen LogP contribution in [0.5, 0.6) is 0 Å². The fraction of sp³-hybridized carbons (Fsp3) is 0.750. The van der Waals surface area contributed by atoms with Crippen LogP contribution in [-0.2, 0) is 0 Å². The van der Waals surface area contributed by atoms with Crippen molar-refractivity contribution in [3.8, 4) is 0 Å². The Balaban J connectivity index is 1.95. The largest absolute Gasteiger partial charge is 0.389 e. The third-order valence-corrected chi connectivity index (χ3v) is 3.52. The summed E-state index contributed by atoms with van der Waals surface area (Å²) in [6.07, 6.45) is 17.5. The minimum absolute atomic E-state index is 0.284. The molecule has 0 aliphatic heterocycles. The van der Waals surface area contributed by atoms with Crippen molar-refractivity contribution in [2.24, 2.45) is 11.8 Å². The lowest BCUT2D eigenvalue weighted by molar-refractivity contribution is 0.243. The molecule has 0 saturated heterocycles. The maximum atomic E-state index is 9.10. The summed E-state index contributed by atoms with van der Waals surface area (Å²) in [5, 5.41) is 9.10. The summed E-state index contributed by atoms with van der Waals surface area (Å²) in [5.41, 5.74) is 0. The van der Waals surface area contributed by atoms with E-state index in [4.69, 9.17) is 5.11 Å². The van der Waals surface area contributed by atoms with Gasteiger partial charge in [0.1, 0.15) is 0 Å². The molecule has 17 heavy (non-hydrogen) atoms. The third-order valence-electron chi connectivity index (χ3n) is 3.52. The van der Waals surface area contributed by atoms with Crippen molar-refractivity contribution >= 4 is 0 Å². The van der Waals surface area contributed by atoms with Crippen LogP contribution in [0.3, 0.4) is 0 Å². The van der Waals surface area contributed by atoms with E-state index in [0.717, 1.165) is 18.3 Å². The van der Waals surface area contributed by atoms with Crippen LogP contribution in [0.2, 0.25) is 0 Å². The Hall–Kier alpha value is -0.560. The van der Waals surface area contributed by atoms with Crippen LogP contribution < -0.4 is 0 Å². The Bertz CT molecular complexity index is 240. The minimum atomic E-state index is -0.284. The molecule has 0 aromatic rings. The highest BCUT2D eigenvalue weighted by molar-refractivity contribution is 4.96. The van der Waals surface area contributed by atoms with E-state index in [2.05, 4.69) is 25.2 Å². The summed E-state index contributed by atoms with van der Waals surface area (Å²) in [5.74, 6) is 1.85. The zero-order valence-electron chi connectivity index (χ0n) is 11.4. The number of hydrogen-bond donors (Lipinski definition) is 1. The van der Waals surface area contributed by atoms with Crippen molar-refractivity contribution < 1.29 is 5.11 Å². The smallest absolute Gasteiger partial charge is 0.0692 e. The standard InChI is InChI=1S/C16H28O/c1-3-4-5-6-7-8-11-15-13-16(15)12-9-10-14(2)17/h6-7,9-10,14-17H,3-5,8,11-13H2,1-2H3/b7-6-,10-9+/t14-,15+,16-/m0/s1. The molecular weight excluding hydrogens is 208 g/mol. The Morgan fingerprint density at radius 1 is 1.18 bits per heavy atom. The number of hydrogen-bond acceptors (Lipinski definition) is 1. The number of unbranched alkanes of at least 4 members (excludes halogenated alkanes) is 2. The zero-order chi connectivity index (χ0) is 12.5. The van der Waals surface area contributed by atoms with Gasteiger partial charge in [-0.2, -0.15) is 0 Å². The molecule has 0 heterocycles. The fourth-order valence-electron chi connectivity index (χ4n) is 2.27. The van der Waals surface area contributed by atoms with Gasteiger partial charge in [0.05, 0.1) is 6.10 Å². The Morgan fingerprint density at radius 2 is 1.94 bits per heavy atom. The third kappa shape index (κ3) is 7.38. The van der Waals surface area contributed by atoms with Gasteiger partial charge in [-0.05, 0) is 50.9 Å². The lowest BCUT2D eigenvalue weighted by atomic mass is 10.1. The lowest BCUT2D eigenvalue weighted by Crippen LogP contribution is -1.91. The number of allylic oxidation sites excluding steroid dienone is 3. The van der Waals surface area contributed by atoms with Crippen LogP contribution in [0.1, 0.15) is 58.8 Å². The van der Waals surface area contributed by atoms with E-state index in [1.54, 1.807) is 0 Å². The summed E-state index contributed by atoms with van der Waals surface area (Å²) in [7, 11) is 0. The van der Waals surface area contributed by atoms with Gasteiger partial charge in [0.25, 0.3) is 0 Å². The van der Waals surface area contributed by atoms with Crippen LogP contribution in [0, 0.1) is 11.8 Å². The zero-order valence-corrected chi connectivity index (χ0v) is 11.4. The van der Waals surface area contributed by atoms with Gasteiger partial charge in [0.2, 0.25) is 0 Å². The molecule has 0 unspecified atom stereocenters. The first-order chi connectivity index (χ1) is 8.24. The van der Waals surface area contributed by atoms with E-state index >= 15 is 0 Å². The van der Waals surface area contributed by atoms with Gasteiger partial charge in [0, 0.05) is 0 Å². The Kier molecular flexibility index (Phi) is 7.27. The molecule has 1 N–H and O–H groups in total. The van der Waals surface area contributed by atoms with Gasteiger partial charge in [-0.15, -0.1) is 0 Å². The average Bonchev–Trinajstić information content (AvgIpc) is 3.01. The molecular formula is C16H28O. The molecule has 1 aliphatic carbocycles. The van der Waals surface area contributed by atoms with Crippen molar-refractivity contribution in [2.75, 3.05) is 0 Å². The maximum absolute atomic E-state index is 9.10. The summed E-state index contributed by atoms with van der Waals surface area (Å²) in [6, 6.07) is 0. The summed E-state index contributed by atoms with van der Waals surface area (Å²) < 4.78 is 0. The van der Waals surface area contributed by atoms with E-state index in [1.165, 1.54) is 38.5 Å². The van der Waals surface area contributed by atoms with Crippen molar-refractivity contribution in [1.29, 1.82) is 0 Å². The molecule has 1 saturated carbocycles. The maximum Gasteiger partial charge on any atom is 0.0692 e. The molecule has 0 bridgehead atoms. The molecule has 1 nitrogen and oxygen atoms in total. The second kappa shape index (κ2) is 8.52. The molecule has 0 spiro atoms. The summed E-state index contributed by atoms with van der Waals surface area (Å²) in [6.45, 7) is 4.05. The first-order valence-corrected chi connectivity index (χ1v) is 7.23. The van der Waals surface area contributed by atoms with Gasteiger partial charge in [-0.25, -0.2) is 0 Å². The van der Waals surface area contributed by atoms with Gasteiger partial charge in [0.15, 0.2) is 0 Å². The van der Waals surface area contributed by atoms with Crippen molar-refractivity contribution in [1.82, 2.24) is 0 Å². The molecule has 3 atom stereocenters. The van der Waals surface area contributed by atoms with Gasteiger partial charge in [-0.3, -0.25) is 0 Å². The monoisotopic (exact) mass is 236 g/mol. The molecule has 0 aromatic heterocycles. The van der Waals surface area contributed by atoms with Crippen LogP contribution in [0.4, 0.5) is 0 Å². The first kappa shape index (κ1) is 14.5. The molecule has 98 valence electrons. The molecule has 0 amide bonds. The minimum Gasteiger partial charge on any atom is -0.389 e. The number of aliphatic hydroxyl groups excluding tert-OH is 1. The Labute approximate surface area is 107 Å². The van der Waals surface area contributed by atoms with Crippen LogP contribution in [-0.4, -0.2) is 11.2 Å². The molecule has 0 radical (unpaired) electrons. The highest BCUT2D eigenvalue weighted by Gasteiger charge is 2.34. The van der Waals surface area contributed by atoms with Crippen molar-refractivity contribution in [3.63, 3.8) is 0 Å². The van der Waals surface area contributed by atoms with Crippen molar-refractivity contribution in [2.45, 2.75) is 64.9 Å². The topological polar surface area (TPSA) is 20.2 Å². The predicted molar refractivity (Wildman–Crippen MR) is 74.9 cm³/mol. The van der Waals surface area contributed by atoms with Crippen LogP contribution in [0.25, 0.3) is 0 Å². The second-order valence-corrected chi connectivity index (χ2v) is 5.35. The van der Waals surface area contributed by atoms with Gasteiger partial charge < -0.3 is 5.11 Å². The Morgan fingerprint density at radius 3 is 2.65 bits per heavy atom. The van der Waals surface area contributed by atoms with E-state index in [-0.39, 0.29) is 6.10 Å². The number of rotatable bonds is 9. The van der Waals surface area contributed by atoms with E-state index in [1.807, 2.05) is 13.0 Å². The van der Waals surface area contributed by atoms with Crippen LogP contribution in [0.15, 0.2) is 24.3 Å². The highest BCUT2D eigenvalue weighted by Crippen LogP contribution is 2.44. The average molecular weight is 236 g/mol. The first-order valence-electron chi connectivity index (χ1n) is 7.23.